The number of nitrogens with zero attached hydrogens (tertiary/aromatic N) is 3. The van der Waals surface area contributed by atoms with E-state index in [9.17, 15) is 26.4 Å². The van der Waals surface area contributed by atoms with Crippen LogP contribution >= 0.6 is 23.2 Å². The molecule has 1 aliphatic rings. The molecule has 0 amide bonds. The molecule has 14 heteroatoms. The van der Waals surface area contributed by atoms with E-state index in [0.29, 0.717) is 13.1 Å². The molecule has 0 aliphatic carbocycles. The SMILES string of the molecule is CCS(=O)(=O)c1ccc(Cl)cc1Cn1cnc2c(Cl)c(CN3CCC[C@H](NC)C3)c(OC(F)(F)F)cc2c1=O. The van der Waals surface area contributed by atoms with Gasteiger partial charge >= 0.3 is 6.36 Å². The molecule has 0 radical (unpaired) electrons. The molecule has 1 N–H and O–H groups in total. The summed E-state index contributed by atoms with van der Waals surface area (Å²) in [4.78, 5) is 19.7. The Morgan fingerprint density at radius 1 is 1.21 bits per heavy atom. The maximum absolute atomic E-state index is 13.4. The molecule has 2 heterocycles. The van der Waals surface area contributed by atoms with Crippen LogP contribution in [0.2, 0.25) is 10.0 Å². The van der Waals surface area contributed by atoms with Crippen LogP contribution in [-0.2, 0) is 22.9 Å². The summed E-state index contributed by atoms with van der Waals surface area (Å²) in [7, 11) is -1.82. The number of fused-ring (bicyclic) bond motifs is 1. The highest BCUT2D eigenvalue weighted by Crippen LogP contribution is 2.37. The lowest BCUT2D eigenvalue weighted by atomic mass is 10.0. The molecule has 4 rings (SSSR count). The molecule has 0 unspecified atom stereocenters. The number of benzene rings is 2. The number of nitrogens with one attached hydrogen (secondary N) is 1. The summed E-state index contributed by atoms with van der Waals surface area (Å²) in [6.45, 7) is 2.60. The smallest absolute Gasteiger partial charge is 0.405 e. The molecule has 1 saturated heterocycles. The van der Waals surface area contributed by atoms with Crippen LogP contribution in [0.1, 0.15) is 30.9 Å². The van der Waals surface area contributed by atoms with E-state index in [0.717, 1.165) is 23.5 Å². The molecule has 3 aromatic rings. The van der Waals surface area contributed by atoms with E-state index >= 15 is 0 Å². The monoisotopic (exact) mass is 606 g/mol. The van der Waals surface area contributed by atoms with Crippen molar-refractivity contribution in [3.8, 4) is 5.75 Å². The van der Waals surface area contributed by atoms with Crippen LogP contribution < -0.4 is 15.6 Å². The average molecular weight is 607 g/mol. The number of likely N-dealkylation sites (tertiary alicyclic amines) is 1. The number of hydrogen-bond acceptors (Lipinski definition) is 7. The quantitative estimate of drug-likeness (QED) is 0.400. The molecule has 0 spiro atoms. The van der Waals surface area contributed by atoms with Gasteiger partial charge in [-0.1, -0.05) is 30.1 Å². The Hall–Kier alpha value is -2.38. The minimum Gasteiger partial charge on any atom is -0.405 e. The number of likely N-dealkylation sites (N-methyl/N-ethyl adjacent to an activating group) is 1. The van der Waals surface area contributed by atoms with E-state index in [1.165, 1.54) is 31.5 Å². The van der Waals surface area contributed by atoms with Crippen molar-refractivity contribution in [2.75, 3.05) is 25.9 Å². The predicted octanol–water partition coefficient (Wildman–Crippen LogP) is 4.63. The normalized spacial score (nSPS) is 17.1. The second-order valence-corrected chi connectivity index (χ2v) is 12.4. The maximum Gasteiger partial charge on any atom is 0.573 e. The molecule has 2 aromatic carbocycles. The Balaban J connectivity index is 1.81. The summed E-state index contributed by atoms with van der Waals surface area (Å²) in [6.07, 6.45) is -2.04. The summed E-state index contributed by atoms with van der Waals surface area (Å²) in [6, 6.07) is 5.39. The van der Waals surface area contributed by atoms with Gasteiger partial charge in [0.15, 0.2) is 9.84 Å². The number of hydrogen-bond donors (Lipinski definition) is 1. The molecular formula is C25H27Cl2F3N4O4S. The number of halogens is 5. The summed E-state index contributed by atoms with van der Waals surface area (Å²) < 4.78 is 70.8. The van der Waals surface area contributed by atoms with Gasteiger partial charge in [-0.15, -0.1) is 13.2 Å². The fourth-order valence-electron chi connectivity index (χ4n) is 4.73. The van der Waals surface area contributed by atoms with E-state index in [-0.39, 0.29) is 61.9 Å². The molecule has 1 aromatic heterocycles. The van der Waals surface area contributed by atoms with Crippen LogP contribution in [0, 0.1) is 0 Å². The summed E-state index contributed by atoms with van der Waals surface area (Å²) >= 11 is 12.7. The van der Waals surface area contributed by atoms with Crippen molar-refractivity contribution in [1.82, 2.24) is 19.8 Å². The third-order valence-corrected chi connectivity index (χ3v) is 9.19. The molecular weight excluding hydrogens is 580 g/mol. The molecule has 1 aliphatic heterocycles. The van der Waals surface area contributed by atoms with Crippen molar-refractivity contribution < 1.29 is 26.3 Å². The molecule has 1 fully saturated rings. The van der Waals surface area contributed by atoms with Crippen molar-refractivity contribution in [3.63, 3.8) is 0 Å². The standard InChI is InChI=1S/C25H27Cl2F3N4O4S/c1-3-39(36,37)21-7-6-16(26)9-15(21)11-34-14-32-23-18(24(34)35)10-20(38-25(28,29)30)19(22(23)27)13-33-8-4-5-17(12-33)31-2/h6-7,9-10,14,17,31H,3-5,8,11-13H2,1-2H3/t17-/m0/s1. The van der Waals surface area contributed by atoms with E-state index < -0.39 is 27.5 Å². The van der Waals surface area contributed by atoms with Crippen LogP contribution in [0.15, 0.2) is 40.3 Å². The van der Waals surface area contributed by atoms with Crippen LogP contribution in [0.5, 0.6) is 5.75 Å². The first kappa shape index (κ1) is 29.6. The fourth-order valence-corrected chi connectivity index (χ4v) is 6.34. The Labute approximate surface area is 233 Å². The van der Waals surface area contributed by atoms with Gasteiger partial charge in [0.05, 0.1) is 39.4 Å². The highest BCUT2D eigenvalue weighted by molar-refractivity contribution is 7.91. The van der Waals surface area contributed by atoms with Crippen molar-refractivity contribution in [1.29, 1.82) is 0 Å². The Morgan fingerprint density at radius 3 is 2.62 bits per heavy atom. The highest BCUT2D eigenvalue weighted by Gasteiger charge is 2.34. The second-order valence-electron chi connectivity index (χ2n) is 9.31. The summed E-state index contributed by atoms with van der Waals surface area (Å²) in [5.74, 6) is -0.755. The average Bonchev–Trinajstić information content (AvgIpc) is 2.87. The van der Waals surface area contributed by atoms with Crippen molar-refractivity contribution in [3.05, 3.63) is 62.1 Å². The number of aromatic nitrogens is 2. The van der Waals surface area contributed by atoms with Gasteiger partial charge in [-0.3, -0.25) is 14.3 Å². The zero-order chi connectivity index (χ0) is 28.5. The maximum atomic E-state index is 13.4. The lowest BCUT2D eigenvalue weighted by Gasteiger charge is -2.33. The van der Waals surface area contributed by atoms with Crippen LogP contribution in [0.25, 0.3) is 10.9 Å². The van der Waals surface area contributed by atoms with E-state index in [4.69, 9.17) is 23.2 Å². The van der Waals surface area contributed by atoms with Crippen LogP contribution in [-0.4, -0.2) is 61.2 Å². The predicted molar refractivity (Wildman–Crippen MR) is 143 cm³/mol. The van der Waals surface area contributed by atoms with Gasteiger partial charge in [0.1, 0.15) is 5.75 Å². The topological polar surface area (TPSA) is 93.5 Å². The first-order valence-corrected chi connectivity index (χ1v) is 14.6. The lowest BCUT2D eigenvalue weighted by molar-refractivity contribution is -0.274. The van der Waals surface area contributed by atoms with Crippen molar-refractivity contribution in [2.24, 2.45) is 0 Å². The van der Waals surface area contributed by atoms with E-state index in [2.05, 4.69) is 15.0 Å². The third-order valence-electron chi connectivity index (χ3n) is 6.72. The van der Waals surface area contributed by atoms with Gasteiger partial charge in [-0.25, -0.2) is 13.4 Å². The van der Waals surface area contributed by atoms with Gasteiger partial charge in [-0.05, 0) is 56.3 Å². The Morgan fingerprint density at radius 2 is 1.95 bits per heavy atom. The molecule has 0 saturated carbocycles. The Kier molecular flexibility index (Phi) is 8.82. The minimum atomic E-state index is -5.02. The molecule has 8 nitrogen and oxygen atoms in total. The van der Waals surface area contributed by atoms with Gasteiger partial charge in [0, 0.05) is 29.7 Å². The molecule has 1 atom stereocenters. The third kappa shape index (κ3) is 6.68. The van der Waals surface area contributed by atoms with Crippen LogP contribution in [0.4, 0.5) is 13.2 Å². The number of ether oxygens (including phenoxy) is 1. The van der Waals surface area contributed by atoms with Gasteiger partial charge in [-0.2, -0.15) is 0 Å². The first-order valence-electron chi connectivity index (χ1n) is 12.2. The molecule has 0 bridgehead atoms. The van der Waals surface area contributed by atoms with Crippen molar-refractivity contribution in [2.45, 2.75) is 50.2 Å². The van der Waals surface area contributed by atoms with E-state index in [1.807, 2.05) is 11.9 Å². The number of piperidine rings is 1. The summed E-state index contributed by atoms with van der Waals surface area (Å²) in [5.41, 5.74) is -0.369. The van der Waals surface area contributed by atoms with Gasteiger partial charge < -0.3 is 10.1 Å². The first-order chi connectivity index (χ1) is 18.3. The fraction of sp³-hybridized carbons (Fsp3) is 0.440. The van der Waals surface area contributed by atoms with Gasteiger partial charge in [0.2, 0.25) is 0 Å². The summed E-state index contributed by atoms with van der Waals surface area (Å²) in [5, 5.41) is 3.13. The van der Waals surface area contributed by atoms with E-state index in [1.54, 1.807) is 0 Å². The van der Waals surface area contributed by atoms with Crippen molar-refractivity contribution >= 4 is 43.9 Å². The van der Waals surface area contributed by atoms with Gasteiger partial charge in [0.25, 0.3) is 5.56 Å². The zero-order valence-electron chi connectivity index (χ0n) is 21.2. The lowest BCUT2D eigenvalue weighted by Crippen LogP contribution is -2.44. The number of sulfone groups is 1. The number of rotatable bonds is 8. The second kappa shape index (κ2) is 11.6. The Bertz CT molecular complexity index is 1550. The molecule has 39 heavy (non-hydrogen) atoms. The highest BCUT2D eigenvalue weighted by atomic mass is 35.5. The largest absolute Gasteiger partial charge is 0.573 e. The zero-order valence-corrected chi connectivity index (χ0v) is 23.5. The molecule has 212 valence electrons. The number of alkyl halides is 3. The van der Waals surface area contributed by atoms with Crippen LogP contribution in [0.3, 0.4) is 0 Å². The minimum absolute atomic E-state index is 0.00252.